The topological polar surface area (TPSA) is 63.9 Å². The fourth-order valence-electron chi connectivity index (χ4n) is 4.07. The molecule has 7 nitrogen and oxygen atoms in total. The van der Waals surface area contributed by atoms with E-state index in [1.54, 1.807) is 0 Å². The van der Waals surface area contributed by atoms with E-state index in [0.717, 1.165) is 50.6 Å². The zero-order chi connectivity index (χ0) is 19.6. The van der Waals surface area contributed by atoms with Crippen LogP contribution in [-0.4, -0.2) is 66.6 Å². The van der Waals surface area contributed by atoms with Gasteiger partial charge in [0, 0.05) is 45.6 Å². The van der Waals surface area contributed by atoms with Crippen LogP contribution in [0.25, 0.3) is 0 Å². The molecule has 1 N–H and O–H groups in total. The van der Waals surface area contributed by atoms with E-state index in [-0.39, 0.29) is 30.1 Å². The first-order valence-electron chi connectivity index (χ1n) is 10.9. The second kappa shape index (κ2) is 13.4. The smallest absolute Gasteiger partial charge is 0.193 e. The third-order valence-electron chi connectivity index (χ3n) is 5.68. The monoisotopic (exact) mass is 519 g/mol. The first kappa shape index (κ1) is 24.4. The fraction of sp³-hybridized carbons (Fsp3) is 0.810. The molecule has 1 saturated carbocycles. The van der Waals surface area contributed by atoms with Gasteiger partial charge in [-0.15, -0.1) is 24.0 Å². The number of aliphatic imine (C=N–C) groups is 1. The second-order valence-corrected chi connectivity index (χ2v) is 7.92. The number of guanidine groups is 1. The summed E-state index contributed by atoms with van der Waals surface area (Å²) in [5.41, 5.74) is 1.12. The minimum atomic E-state index is 0. The van der Waals surface area contributed by atoms with Gasteiger partial charge in [-0.05, 0) is 25.7 Å². The van der Waals surface area contributed by atoms with Crippen LogP contribution in [0.1, 0.15) is 63.0 Å². The van der Waals surface area contributed by atoms with Crippen molar-refractivity contribution in [1.29, 1.82) is 0 Å². The molecule has 0 aromatic carbocycles. The highest BCUT2D eigenvalue weighted by Gasteiger charge is 2.25. The molecule has 1 unspecified atom stereocenters. The largest absolute Gasteiger partial charge is 0.378 e. The van der Waals surface area contributed by atoms with E-state index in [9.17, 15) is 0 Å². The van der Waals surface area contributed by atoms with Crippen LogP contribution in [0.5, 0.6) is 0 Å². The van der Waals surface area contributed by atoms with Crippen LogP contribution in [-0.2, 0) is 16.5 Å². The normalized spacial score (nSPS) is 21.5. The number of rotatable bonds is 7. The van der Waals surface area contributed by atoms with E-state index in [0.29, 0.717) is 12.7 Å². The number of ether oxygens (including phenoxy) is 2. The predicted octanol–water partition coefficient (Wildman–Crippen LogP) is 3.51. The minimum Gasteiger partial charge on any atom is -0.378 e. The molecule has 166 valence electrons. The molecule has 1 aliphatic heterocycles. The quantitative estimate of drug-likeness (QED) is 0.197. The molecule has 0 amide bonds. The molecule has 0 spiro atoms. The zero-order valence-corrected chi connectivity index (χ0v) is 20.3. The summed E-state index contributed by atoms with van der Waals surface area (Å²) in [7, 11) is 3.79. The van der Waals surface area contributed by atoms with E-state index in [4.69, 9.17) is 9.47 Å². The summed E-state index contributed by atoms with van der Waals surface area (Å²) in [4.78, 5) is 6.75. The average molecular weight is 519 g/mol. The molecule has 1 aromatic rings. The van der Waals surface area contributed by atoms with E-state index in [2.05, 4.69) is 20.3 Å². The van der Waals surface area contributed by atoms with Gasteiger partial charge in [0.1, 0.15) is 6.10 Å². The van der Waals surface area contributed by atoms with Crippen molar-refractivity contribution in [1.82, 2.24) is 20.0 Å². The van der Waals surface area contributed by atoms with Crippen molar-refractivity contribution in [2.45, 2.75) is 63.6 Å². The van der Waals surface area contributed by atoms with Gasteiger partial charge in [-0.1, -0.05) is 25.7 Å². The standard InChI is InChI=1S/C21H37N5O2.HI/c1-22-21(23-11-7-8-13-27-19-9-5-3-4-6-10-19)26-12-14-28-20(17-26)18-15-24-25(2)16-18;/h15-16,19-20H,3-14,17H2,1-2H3,(H,22,23);1H. The Kier molecular flexibility index (Phi) is 11.3. The molecule has 8 heteroatoms. The summed E-state index contributed by atoms with van der Waals surface area (Å²) in [6.07, 6.45) is 14.6. The Labute approximate surface area is 192 Å². The highest BCUT2D eigenvalue weighted by atomic mass is 127. The number of nitrogens with one attached hydrogen (secondary N) is 1. The molecule has 1 aliphatic carbocycles. The van der Waals surface area contributed by atoms with Gasteiger partial charge in [0.25, 0.3) is 0 Å². The molecule has 0 radical (unpaired) electrons. The number of aryl methyl sites for hydroxylation is 1. The van der Waals surface area contributed by atoms with Gasteiger partial charge in [-0.2, -0.15) is 5.10 Å². The van der Waals surface area contributed by atoms with E-state index < -0.39 is 0 Å². The molecule has 2 aliphatic rings. The molecule has 2 fully saturated rings. The van der Waals surface area contributed by atoms with Crippen LogP contribution in [0.15, 0.2) is 17.4 Å². The van der Waals surface area contributed by atoms with Crippen molar-refractivity contribution in [2.24, 2.45) is 12.0 Å². The Bertz CT molecular complexity index is 602. The van der Waals surface area contributed by atoms with E-state index in [1.165, 1.54) is 38.5 Å². The first-order valence-corrected chi connectivity index (χ1v) is 10.9. The van der Waals surface area contributed by atoms with Gasteiger partial charge in [0.05, 0.1) is 25.5 Å². The second-order valence-electron chi connectivity index (χ2n) is 7.92. The predicted molar refractivity (Wildman–Crippen MR) is 127 cm³/mol. The van der Waals surface area contributed by atoms with Crippen molar-refractivity contribution < 1.29 is 9.47 Å². The third-order valence-corrected chi connectivity index (χ3v) is 5.68. The molecule has 1 atom stereocenters. The minimum absolute atomic E-state index is 0. The number of halogens is 1. The lowest BCUT2D eigenvalue weighted by atomic mass is 10.1. The molecular weight excluding hydrogens is 481 g/mol. The summed E-state index contributed by atoms with van der Waals surface area (Å²) in [5.74, 6) is 0.960. The summed E-state index contributed by atoms with van der Waals surface area (Å²) in [5, 5.41) is 7.77. The maximum Gasteiger partial charge on any atom is 0.193 e. The van der Waals surface area contributed by atoms with Crippen LogP contribution >= 0.6 is 24.0 Å². The first-order chi connectivity index (χ1) is 13.8. The molecule has 0 bridgehead atoms. The van der Waals surface area contributed by atoms with Gasteiger partial charge in [-0.3, -0.25) is 9.67 Å². The fourth-order valence-corrected chi connectivity index (χ4v) is 4.07. The van der Waals surface area contributed by atoms with Crippen molar-refractivity contribution in [3.63, 3.8) is 0 Å². The van der Waals surface area contributed by atoms with E-state index in [1.807, 2.05) is 31.2 Å². The molecular formula is C21H38IN5O2. The Morgan fingerprint density at radius 2 is 2.07 bits per heavy atom. The summed E-state index contributed by atoms with van der Waals surface area (Å²) in [6, 6.07) is 0. The number of nitrogens with zero attached hydrogens (tertiary/aromatic N) is 4. The number of morpholine rings is 1. The maximum absolute atomic E-state index is 6.08. The summed E-state index contributed by atoms with van der Waals surface area (Å²) < 4.78 is 13.8. The highest BCUT2D eigenvalue weighted by Crippen LogP contribution is 2.22. The Morgan fingerprint density at radius 3 is 2.76 bits per heavy atom. The Balaban J connectivity index is 0.00000300. The van der Waals surface area contributed by atoms with Crippen LogP contribution in [0, 0.1) is 0 Å². The third kappa shape index (κ3) is 8.05. The van der Waals surface area contributed by atoms with Gasteiger partial charge in [-0.25, -0.2) is 0 Å². The lowest BCUT2D eigenvalue weighted by Crippen LogP contribution is -2.48. The average Bonchev–Trinajstić information content (AvgIpc) is 2.99. The number of aromatic nitrogens is 2. The van der Waals surface area contributed by atoms with Crippen molar-refractivity contribution >= 4 is 29.9 Å². The molecule has 29 heavy (non-hydrogen) atoms. The van der Waals surface area contributed by atoms with Crippen LogP contribution < -0.4 is 5.32 Å². The Hall–Kier alpha value is -0.870. The summed E-state index contributed by atoms with van der Waals surface area (Å²) >= 11 is 0. The number of unbranched alkanes of at least 4 members (excludes halogenated alkanes) is 1. The number of hydrogen-bond acceptors (Lipinski definition) is 4. The molecule has 1 aromatic heterocycles. The van der Waals surface area contributed by atoms with Crippen LogP contribution in [0.2, 0.25) is 0 Å². The van der Waals surface area contributed by atoms with Gasteiger partial charge in [0.15, 0.2) is 5.96 Å². The van der Waals surface area contributed by atoms with Crippen LogP contribution in [0.4, 0.5) is 0 Å². The lowest BCUT2D eigenvalue weighted by molar-refractivity contribution is -0.00804. The van der Waals surface area contributed by atoms with Crippen molar-refractivity contribution in [3.8, 4) is 0 Å². The zero-order valence-electron chi connectivity index (χ0n) is 18.0. The summed E-state index contributed by atoms with van der Waals surface area (Å²) in [6.45, 7) is 4.17. The van der Waals surface area contributed by atoms with Crippen LogP contribution in [0.3, 0.4) is 0 Å². The van der Waals surface area contributed by atoms with Gasteiger partial charge >= 0.3 is 0 Å². The maximum atomic E-state index is 6.08. The SMILES string of the molecule is CN=C(NCCCCOC1CCCCCC1)N1CCOC(c2cnn(C)c2)C1.I. The van der Waals surface area contributed by atoms with Gasteiger partial charge < -0.3 is 19.7 Å². The van der Waals surface area contributed by atoms with Gasteiger partial charge in [0.2, 0.25) is 0 Å². The highest BCUT2D eigenvalue weighted by molar-refractivity contribution is 14.0. The molecule has 2 heterocycles. The number of hydrogen-bond donors (Lipinski definition) is 1. The lowest BCUT2D eigenvalue weighted by Gasteiger charge is -2.34. The molecule has 3 rings (SSSR count). The van der Waals surface area contributed by atoms with Crippen molar-refractivity contribution in [2.75, 3.05) is 39.9 Å². The Morgan fingerprint density at radius 1 is 1.28 bits per heavy atom. The van der Waals surface area contributed by atoms with E-state index >= 15 is 0 Å². The van der Waals surface area contributed by atoms with Crippen molar-refractivity contribution in [3.05, 3.63) is 18.0 Å². The molecule has 1 saturated heterocycles.